The molecule has 132 valence electrons. The molecule has 0 spiro atoms. The van der Waals surface area contributed by atoms with Crippen molar-refractivity contribution in [2.45, 2.75) is 26.3 Å². The van der Waals surface area contributed by atoms with Crippen LogP contribution in [0.2, 0.25) is 0 Å². The summed E-state index contributed by atoms with van der Waals surface area (Å²) in [6, 6.07) is 16.6. The summed E-state index contributed by atoms with van der Waals surface area (Å²) in [4.78, 5) is 17.0. The summed E-state index contributed by atoms with van der Waals surface area (Å²) in [5.74, 6) is 1.01. The highest BCUT2D eigenvalue weighted by atomic mass is 16.5. The average Bonchev–Trinajstić information content (AvgIpc) is 2.62. The van der Waals surface area contributed by atoms with Gasteiger partial charge < -0.3 is 14.5 Å². The standard InChI is InChI=1S/C21H26N2O2/c1-16-5-4-6-19(13-16)23-12-11-22(15-17(23)2)21(24)14-18-7-9-20(25-3)10-8-18/h4-10,13,17H,11-12,14-15H2,1-3H3/t17-/m0/s1. The number of aryl methyl sites for hydroxylation is 1. The minimum Gasteiger partial charge on any atom is -0.497 e. The Morgan fingerprint density at radius 2 is 1.92 bits per heavy atom. The highest BCUT2D eigenvalue weighted by Gasteiger charge is 2.26. The van der Waals surface area contributed by atoms with Crippen LogP contribution in [-0.4, -0.2) is 43.6 Å². The van der Waals surface area contributed by atoms with E-state index in [2.05, 4.69) is 43.0 Å². The van der Waals surface area contributed by atoms with Crippen molar-refractivity contribution in [2.75, 3.05) is 31.6 Å². The van der Waals surface area contributed by atoms with Crippen LogP contribution in [0.25, 0.3) is 0 Å². The molecule has 1 atom stereocenters. The van der Waals surface area contributed by atoms with Gasteiger partial charge in [-0.05, 0) is 49.2 Å². The molecule has 1 amide bonds. The van der Waals surface area contributed by atoms with E-state index in [1.54, 1.807) is 7.11 Å². The van der Waals surface area contributed by atoms with Crippen LogP contribution < -0.4 is 9.64 Å². The number of nitrogens with zero attached hydrogens (tertiary/aromatic N) is 2. The molecule has 1 saturated heterocycles. The summed E-state index contributed by atoms with van der Waals surface area (Å²) < 4.78 is 5.17. The van der Waals surface area contributed by atoms with Crippen LogP contribution in [0.4, 0.5) is 5.69 Å². The zero-order valence-corrected chi connectivity index (χ0v) is 15.2. The molecule has 3 rings (SSSR count). The van der Waals surface area contributed by atoms with Gasteiger partial charge in [-0.25, -0.2) is 0 Å². The molecule has 0 saturated carbocycles. The van der Waals surface area contributed by atoms with Gasteiger partial charge in [-0.15, -0.1) is 0 Å². The van der Waals surface area contributed by atoms with Crippen molar-refractivity contribution in [1.29, 1.82) is 0 Å². The summed E-state index contributed by atoms with van der Waals surface area (Å²) >= 11 is 0. The molecule has 0 N–H and O–H groups in total. The van der Waals surface area contributed by atoms with E-state index in [1.807, 2.05) is 29.2 Å². The first kappa shape index (κ1) is 17.3. The Labute approximate surface area is 150 Å². The zero-order valence-electron chi connectivity index (χ0n) is 15.2. The molecular weight excluding hydrogens is 312 g/mol. The first-order valence-corrected chi connectivity index (χ1v) is 8.81. The molecule has 0 bridgehead atoms. The second kappa shape index (κ2) is 7.60. The Morgan fingerprint density at radius 3 is 2.56 bits per heavy atom. The number of ether oxygens (including phenoxy) is 1. The van der Waals surface area contributed by atoms with Gasteiger partial charge in [0.25, 0.3) is 0 Å². The third-order valence-corrected chi connectivity index (χ3v) is 4.83. The summed E-state index contributed by atoms with van der Waals surface area (Å²) in [6.07, 6.45) is 0.446. The number of carbonyl (C=O) groups is 1. The molecule has 0 aromatic heterocycles. The number of benzene rings is 2. The number of hydrogen-bond acceptors (Lipinski definition) is 3. The molecule has 0 unspecified atom stereocenters. The first-order valence-electron chi connectivity index (χ1n) is 8.81. The molecule has 1 fully saturated rings. The monoisotopic (exact) mass is 338 g/mol. The number of hydrogen-bond donors (Lipinski definition) is 0. The fourth-order valence-electron chi connectivity index (χ4n) is 3.40. The van der Waals surface area contributed by atoms with Crippen LogP contribution in [0.15, 0.2) is 48.5 Å². The first-order chi connectivity index (χ1) is 12.1. The maximum atomic E-state index is 12.6. The normalized spacial score (nSPS) is 17.5. The van der Waals surface area contributed by atoms with Gasteiger partial charge in [0.2, 0.25) is 5.91 Å². The highest BCUT2D eigenvalue weighted by Crippen LogP contribution is 2.22. The van der Waals surface area contributed by atoms with E-state index >= 15 is 0 Å². The second-order valence-corrected chi connectivity index (χ2v) is 6.75. The van der Waals surface area contributed by atoms with E-state index in [0.717, 1.165) is 30.9 Å². The third-order valence-electron chi connectivity index (χ3n) is 4.83. The summed E-state index contributed by atoms with van der Waals surface area (Å²) in [7, 11) is 1.65. The summed E-state index contributed by atoms with van der Waals surface area (Å²) in [5.41, 5.74) is 3.54. The van der Waals surface area contributed by atoms with Crippen LogP contribution in [0.3, 0.4) is 0 Å². The number of piperazine rings is 1. The van der Waals surface area contributed by atoms with Crippen molar-refractivity contribution in [3.05, 3.63) is 59.7 Å². The number of anilines is 1. The fraction of sp³-hybridized carbons (Fsp3) is 0.381. The van der Waals surface area contributed by atoms with Gasteiger partial charge in [0.05, 0.1) is 13.5 Å². The predicted octanol–water partition coefficient (Wildman–Crippen LogP) is 3.28. The van der Waals surface area contributed by atoms with Crippen molar-refractivity contribution in [3.8, 4) is 5.75 Å². The number of methoxy groups -OCH3 is 1. The van der Waals surface area contributed by atoms with Crippen molar-refractivity contribution in [2.24, 2.45) is 0 Å². The number of carbonyl (C=O) groups excluding carboxylic acids is 1. The predicted molar refractivity (Wildman–Crippen MR) is 101 cm³/mol. The van der Waals surface area contributed by atoms with E-state index in [1.165, 1.54) is 11.3 Å². The second-order valence-electron chi connectivity index (χ2n) is 6.75. The third kappa shape index (κ3) is 4.13. The van der Waals surface area contributed by atoms with Gasteiger partial charge in [-0.3, -0.25) is 4.79 Å². The van der Waals surface area contributed by atoms with Crippen molar-refractivity contribution < 1.29 is 9.53 Å². The molecule has 1 aliphatic rings. The van der Waals surface area contributed by atoms with E-state index in [9.17, 15) is 4.79 Å². The molecule has 25 heavy (non-hydrogen) atoms. The molecule has 0 radical (unpaired) electrons. The van der Waals surface area contributed by atoms with Crippen LogP contribution >= 0.6 is 0 Å². The van der Waals surface area contributed by atoms with E-state index in [0.29, 0.717) is 12.5 Å². The van der Waals surface area contributed by atoms with Gasteiger partial charge in [0.1, 0.15) is 5.75 Å². The zero-order chi connectivity index (χ0) is 17.8. The Balaban J connectivity index is 1.60. The lowest BCUT2D eigenvalue weighted by Gasteiger charge is -2.41. The number of amides is 1. The smallest absolute Gasteiger partial charge is 0.227 e. The number of rotatable bonds is 4. The van der Waals surface area contributed by atoms with Gasteiger partial charge in [-0.1, -0.05) is 24.3 Å². The minimum atomic E-state index is 0.195. The Bertz CT molecular complexity index is 727. The van der Waals surface area contributed by atoms with Crippen molar-refractivity contribution in [3.63, 3.8) is 0 Å². The maximum Gasteiger partial charge on any atom is 0.227 e. The van der Waals surface area contributed by atoms with Crippen LogP contribution in [0, 0.1) is 6.92 Å². The van der Waals surface area contributed by atoms with E-state index in [4.69, 9.17) is 4.74 Å². The quantitative estimate of drug-likeness (QED) is 0.858. The fourth-order valence-corrected chi connectivity index (χ4v) is 3.40. The Morgan fingerprint density at radius 1 is 1.16 bits per heavy atom. The van der Waals surface area contributed by atoms with Gasteiger partial charge in [0, 0.05) is 31.4 Å². The van der Waals surface area contributed by atoms with Crippen LogP contribution in [-0.2, 0) is 11.2 Å². The van der Waals surface area contributed by atoms with Gasteiger partial charge in [-0.2, -0.15) is 0 Å². The van der Waals surface area contributed by atoms with E-state index < -0.39 is 0 Å². The Kier molecular flexibility index (Phi) is 5.27. The van der Waals surface area contributed by atoms with Crippen molar-refractivity contribution >= 4 is 11.6 Å². The highest BCUT2D eigenvalue weighted by molar-refractivity contribution is 5.79. The van der Waals surface area contributed by atoms with Gasteiger partial charge >= 0.3 is 0 Å². The van der Waals surface area contributed by atoms with Gasteiger partial charge in [0.15, 0.2) is 0 Å². The average molecular weight is 338 g/mol. The molecule has 1 heterocycles. The van der Waals surface area contributed by atoms with Crippen molar-refractivity contribution in [1.82, 2.24) is 4.90 Å². The largest absolute Gasteiger partial charge is 0.497 e. The SMILES string of the molecule is COc1ccc(CC(=O)N2CCN(c3cccc(C)c3)[C@@H](C)C2)cc1. The molecule has 1 aliphatic heterocycles. The maximum absolute atomic E-state index is 12.6. The molecule has 2 aromatic rings. The van der Waals surface area contributed by atoms with E-state index in [-0.39, 0.29) is 5.91 Å². The molecule has 0 aliphatic carbocycles. The molecular formula is C21H26N2O2. The molecule has 4 nitrogen and oxygen atoms in total. The van der Waals surface area contributed by atoms with Crippen LogP contribution in [0.1, 0.15) is 18.1 Å². The molecule has 4 heteroatoms. The summed E-state index contributed by atoms with van der Waals surface area (Å²) in [6.45, 7) is 6.72. The summed E-state index contributed by atoms with van der Waals surface area (Å²) in [5, 5.41) is 0. The Hall–Kier alpha value is -2.49. The minimum absolute atomic E-state index is 0.195. The lowest BCUT2D eigenvalue weighted by atomic mass is 10.1. The lowest BCUT2D eigenvalue weighted by Crippen LogP contribution is -2.54. The lowest BCUT2D eigenvalue weighted by molar-refractivity contribution is -0.131. The topological polar surface area (TPSA) is 32.8 Å². The van der Waals surface area contributed by atoms with Crippen LogP contribution in [0.5, 0.6) is 5.75 Å². The molecule has 2 aromatic carbocycles.